The highest BCUT2D eigenvalue weighted by Gasteiger charge is 2.37. The molecule has 28 heavy (non-hydrogen) atoms. The summed E-state index contributed by atoms with van der Waals surface area (Å²) in [6, 6.07) is 3.03. The van der Waals surface area contributed by atoms with Gasteiger partial charge in [-0.1, -0.05) is 0 Å². The van der Waals surface area contributed by atoms with Crippen molar-refractivity contribution in [3.63, 3.8) is 0 Å². The van der Waals surface area contributed by atoms with Crippen molar-refractivity contribution in [1.82, 2.24) is 14.7 Å². The van der Waals surface area contributed by atoms with Crippen LogP contribution in [0.25, 0.3) is 0 Å². The molecule has 0 bridgehead atoms. The molecule has 0 amide bonds. The van der Waals surface area contributed by atoms with Gasteiger partial charge >= 0.3 is 0 Å². The first kappa shape index (κ1) is 19.4. The molecule has 1 aromatic carbocycles. The van der Waals surface area contributed by atoms with Gasteiger partial charge in [0.2, 0.25) is 0 Å². The van der Waals surface area contributed by atoms with Gasteiger partial charge in [0.1, 0.15) is 17.7 Å². The van der Waals surface area contributed by atoms with Gasteiger partial charge in [0.25, 0.3) is 0 Å². The van der Waals surface area contributed by atoms with Crippen molar-refractivity contribution in [3.8, 4) is 0 Å². The maximum Gasteiger partial charge on any atom is 0.129 e. The second-order valence-electron chi connectivity index (χ2n) is 8.46. The van der Waals surface area contributed by atoms with Crippen molar-refractivity contribution in [2.45, 2.75) is 63.7 Å². The second kappa shape index (κ2) is 7.18. The van der Waals surface area contributed by atoms with Gasteiger partial charge in [-0.05, 0) is 38.5 Å². The number of benzene rings is 1. The fraction of sp³-hybridized carbons (Fsp3) is 0.550. The summed E-state index contributed by atoms with van der Waals surface area (Å²) < 4.78 is 35.4. The highest BCUT2D eigenvalue weighted by molar-refractivity contribution is 5.25. The Labute approximate surface area is 162 Å². The van der Waals surface area contributed by atoms with E-state index in [1.54, 1.807) is 13.8 Å². The number of aliphatic hydroxyl groups is 1. The molecule has 0 radical (unpaired) electrons. The molecule has 2 aromatic rings. The third-order valence-corrected chi connectivity index (χ3v) is 5.48. The summed E-state index contributed by atoms with van der Waals surface area (Å²) in [5.74, 6) is -0.999. The molecule has 1 fully saturated rings. The average molecular weight is 392 g/mol. The van der Waals surface area contributed by atoms with Crippen molar-refractivity contribution in [2.24, 2.45) is 5.73 Å². The van der Waals surface area contributed by atoms with Gasteiger partial charge in [0.15, 0.2) is 0 Å². The van der Waals surface area contributed by atoms with E-state index < -0.39 is 29.4 Å². The zero-order valence-electron chi connectivity index (χ0n) is 16.1. The van der Waals surface area contributed by atoms with Gasteiger partial charge in [-0.3, -0.25) is 9.58 Å². The van der Waals surface area contributed by atoms with Gasteiger partial charge < -0.3 is 15.6 Å². The average Bonchev–Trinajstić information content (AvgIpc) is 3.18. The monoisotopic (exact) mass is 392 g/mol. The van der Waals surface area contributed by atoms with Crippen molar-refractivity contribution in [3.05, 3.63) is 52.9 Å². The Morgan fingerprint density at radius 1 is 1.32 bits per heavy atom. The third-order valence-electron chi connectivity index (χ3n) is 5.48. The predicted molar refractivity (Wildman–Crippen MR) is 99.2 cm³/mol. The normalized spacial score (nSPS) is 25.9. The van der Waals surface area contributed by atoms with Crippen LogP contribution in [-0.4, -0.2) is 44.1 Å². The van der Waals surface area contributed by atoms with Crippen LogP contribution in [0.2, 0.25) is 0 Å². The molecule has 2 aliphatic rings. The summed E-state index contributed by atoms with van der Waals surface area (Å²) in [7, 11) is 0. The van der Waals surface area contributed by atoms with Crippen LogP contribution < -0.4 is 5.73 Å². The third kappa shape index (κ3) is 3.82. The number of halogens is 2. The number of rotatable bonds is 4. The molecular weight excluding hydrogens is 366 g/mol. The minimum atomic E-state index is -0.842. The topological polar surface area (TPSA) is 76.5 Å². The van der Waals surface area contributed by atoms with E-state index >= 15 is 0 Å². The van der Waals surface area contributed by atoms with Gasteiger partial charge in [-0.25, -0.2) is 8.78 Å². The highest BCUT2D eigenvalue weighted by atomic mass is 19.1. The maximum absolute atomic E-state index is 14.1. The Morgan fingerprint density at radius 3 is 2.82 bits per heavy atom. The van der Waals surface area contributed by atoms with Crippen LogP contribution in [0.4, 0.5) is 8.78 Å². The quantitative estimate of drug-likeness (QED) is 0.834. The summed E-state index contributed by atoms with van der Waals surface area (Å²) in [6.07, 6.45) is 1.82. The molecule has 0 saturated carbocycles. The van der Waals surface area contributed by atoms with Crippen LogP contribution in [0.5, 0.6) is 0 Å². The number of nitrogens with two attached hydrogens (primary N) is 1. The SMILES string of the molecule is CC(C)(O)Cn1ncc2c1CN([C@H]1CO[C@H](c3cc(F)ccc3F)[C@@H](N)C1)C2. The molecule has 1 aromatic heterocycles. The number of ether oxygens (including phenoxy) is 1. The standard InChI is InChI=1S/C20H26F2N4O2/c1-20(2,27)11-26-18-9-25(8-12(18)7-24-26)14-6-17(23)19(28-10-14)15-5-13(21)3-4-16(15)22/h3-5,7,14,17,19,27H,6,8-11,23H2,1-2H3/t14-,17+,19-/m1/s1. The Balaban J connectivity index is 1.43. The van der Waals surface area contributed by atoms with Crippen LogP contribution in [0.1, 0.15) is 43.2 Å². The van der Waals surface area contributed by atoms with E-state index in [4.69, 9.17) is 10.5 Å². The molecule has 152 valence electrons. The largest absolute Gasteiger partial charge is 0.389 e. The summed E-state index contributed by atoms with van der Waals surface area (Å²) in [5, 5.41) is 14.5. The lowest BCUT2D eigenvalue weighted by Gasteiger charge is -2.38. The maximum atomic E-state index is 14.1. The Kier molecular flexibility index (Phi) is 4.99. The van der Waals surface area contributed by atoms with Crippen LogP contribution in [0.3, 0.4) is 0 Å². The fourth-order valence-electron chi connectivity index (χ4n) is 4.14. The highest BCUT2D eigenvalue weighted by Crippen LogP contribution is 2.34. The van der Waals surface area contributed by atoms with Gasteiger partial charge in [-0.2, -0.15) is 5.10 Å². The Hall–Kier alpha value is -1.87. The van der Waals surface area contributed by atoms with Crippen LogP contribution in [-0.2, 0) is 24.4 Å². The van der Waals surface area contributed by atoms with E-state index in [0.29, 0.717) is 26.1 Å². The van der Waals surface area contributed by atoms with Crippen LogP contribution in [0.15, 0.2) is 24.4 Å². The van der Waals surface area contributed by atoms with E-state index in [1.807, 2.05) is 10.9 Å². The van der Waals surface area contributed by atoms with Crippen molar-refractivity contribution in [1.29, 1.82) is 0 Å². The molecule has 3 heterocycles. The molecule has 4 rings (SSSR count). The molecule has 3 atom stereocenters. The number of hydrogen-bond acceptors (Lipinski definition) is 5. The van der Waals surface area contributed by atoms with E-state index in [2.05, 4.69) is 10.00 Å². The van der Waals surface area contributed by atoms with E-state index in [-0.39, 0.29) is 11.6 Å². The fourth-order valence-corrected chi connectivity index (χ4v) is 4.14. The minimum Gasteiger partial charge on any atom is -0.389 e. The summed E-state index contributed by atoms with van der Waals surface area (Å²) in [6.45, 7) is 5.78. The predicted octanol–water partition coefficient (Wildman–Crippen LogP) is 2.11. The summed E-state index contributed by atoms with van der Waals surface area (Å²) in [4.78, 5) is 2.27. The second-order valence-corrected chi connectivity index (χ2v) is 8.46. The minimum absolute atomic E-state index is 0.0888. The first-order chi connectivity index (χ1) is 13.2. The van der Waals surface area contributed by atoms with E-state index in [0.717, 1.165) is 36.0 Å². The molecule has 1 saturated heterocycles. The zero-order valence-corrected chi connectivity index (χ0v) is 16.1. The van der Waals surface area contributed by atoms with Gasteiger partial charge in [0, 0.05) is 36.3 Å². The summed E-state index contributed by atoms with van der Waals surface area (Å²) in [5.41, 5.74) is 7.85. The number of fused-ring (bicyclic) bond motifs is 1. The molecular formula is C20H26F2N4O2. The molecule has 6 nitrogen and oxygen atoms in total. The first-order valence-corrected chi connectivity index (χ1v) is 9.53. The van der Waals surface area contributed by atoms with Crippen LogP contribution in [0, 0.1) is 11.6 Å². The zero-order chi connectivity index (χ0) is 20.1. The molecule has 0 aliphatic carbocycles. The van der Waals surface area contributed by atoms with Crippen molar-refractivity contribution >= 4 is 0 Å². The van der Waals surface area contributed by atoms with E-state index in [1.165, 1.54) is 0 Å². The molecule has 0 spiro atoms. The lowest BCUT2D eigenvalue weighted by Crippen LogP contribution is -2.48. The molecule has 0 unspecified atom stereocenters. The molecule has 3 N–H and O–H groups in total. The first-order valence-electron chi connectivity index (χ1n) is 9.53. The summed E-state index contributed by atoms with van der Waals surface area (Å²) >= 11 is 0. The molecule has 8 heteroatoms. The smallest absolute Gasteiger partial charge is 0.129 e. The van der Waals surface area contributed by atoms with E-state index in [9.17, 15) is 13.9 Å². The number of aromatic nitrogens is 2. The Morgan fingerprint density at radius 2 is 2.11 bits per heavy atom. The van der Waals surface area contributed by atoms with Crippen molar-refractivity contribution in [2.75, 3.05) is 6.61 Å². The van der Waals surface area contributed by atoms with Crippen molar-refractivity contribution < 1.29 is 18.6 Å². The lowest BCUT2D eigenvalue weighted by molar-refractivity contribution is -0.0536. The number of hydrogen-bond donors (Lipinski definition) is 2. The van der Waals surface area contributed by atoms with Gasteiger partial charge in [-0.15, -0.1) is 0 Å². The van der Waals surface area contributed by atoms with Crippen LogP contribution >= 0.6 is 0 Å². The molecule has 2 aliphatic heterocycles. The van der Waals surface area contributed by atoms with Gasteiger partial charge in [0.05, 0.1) is 30.6 Å². The lowest BCUT2D eigenvalue weighted by atomic mass is 9.93. The number of nitrogens with zero attached hydrogens (tertiary/aromatic N) is 3. The Bertz CT molecular complexity index is 864.